The van der Waals surface area contributed by atoms with Gasteiger partial charge in [-0.05, 0) is 136 Å². The van der Waals surface area contributed by atoms with Crippen molar-refractivity contribution in [2.24, 2.45) is 20.5 Å². The molecule has 0 amide bonds. The number of hydrogen-bond acceptors (Lipinski definition) is 10. The van der Waals surface area contributed by atoms with E-state index in [0.717, 1.165) is 73.1 Å². The minimum Gasteiger partial charge on any atom is -0.494 e. The standard InChI is InChI=1S/C44H45N5O5/c1-4-41(50)53-29-8-6-5-7-28-52-36-23-14-32(15-24-36)43(51)54-37-21-12-31(13-22-37)26-27-44(2)30-33-16-25-39(38-10-9-11-40(46-44)42(33)38)49-48-35-19-17-34(18-20-35)47-45-3/h4,9-25,46H,1,5-8,26-30H2,2-3H3. The number of nitrogens with one attached hydrogen (secondary N) is 1. The third-order valence-corrected chi connectivity index (χ3v) is 9.37. The SMILES string of the molecule is C=CC(=O)OCCCCCCOc1ccc(C(=O)Oc2ccc(CCC3(C)Cc4ccc(N=Nc5ccc(N=NC)cc5)c5cccc(c45)N3)cc2)cc1. The highest BCUT2D eigenvalue weighted by Crippen LogP contribution is 2.42. The Bertz CT molecular complexity index is 2110. The van der Waals surface area contributed by atoms with Gasteiger partial charge in [0.05, 0.1) is 35.8 Å². The van der Waals surface area contributed by atoms with E-state index in [2.05, 4.69) is 69.6 Å². The van der Waals surface area contributed by atoms with Crippen molar-refractivity contribution in [3.63, 3.8) is 0 Å². The number of unbranched alkanes of at least 4 members (excludes halogenated alkanes) is 3. The van der Waals surface area contributed by atoms with Gasteiger partial charge >= 0.3 is 11.9 Å². The monoisotopic (exact) mass is 723 g/mol. The average Bonchev–Trinajstić information content (AvgIpc) is 3.19. The molecule has 1 unspecified atom stereocenters. The van der Waals surface area contributed by atoms with Crippen LogP contribution in [0.15, 0.2) is 136 Å². The van der Waals surface area contributed by atoms with Crippen molar-refractivity contribution in [2.75, 3.05) is 25.6 Å². The lowest BCUT2D eigenvalue weighted by Crippen LogP contribution is -2.40. The van der Waals surface area contributed by atoms with Crippen molar-refractivity contribution < 1.29 is 23.8 Å². The van der Waals surface area contributed by atoms with Gasteiger partial charge in [-0.1, -0.05) is 36.9 Å². The molecule has 1 atom stereocenters. The molecule has 10 nitrogen and oxygen atoms in total. The molecule has 0 aromatic heterocycles. The summed E-state index contributed by atoms with van der Waals surface area (Å²) in [6, 6.07) is 32.7. The van der Waals surface area contributed by atoms with Crippen LogP contribution in [-0.4, -0.2) is 37.7 Å². The van der Waals surface area contributed by atoms with Crippen LogP contribution in [-0.2, 0) is 22.4 Å². The van der Waals surface area contributed by atoms with E-state index in [4.69, 9.17) is 14.2 Å². The first-order valence-electron chi connectivity index (χ1n) is 18.3. The quantitative estimate of drug-likeness (QED) is 0.0335. The Balaban J connectivity index is 0.970. The summed E-state index contributed by atoms with van der Waals surface area (Å²) in [4.78, 5) is 23.9. The van der Waals surface area contributed by atoms with E-state index in [-0.39, 0.29) is 11.5 Å². The molecule has 0 saturated carbocycles. The van der Waals surface area contributed by atoms with Crippen molar-refractivity contribution in [3.8, 4) is 11.5 Å². The first-order valence-corrected chi connectivity index (χ1v) is 18.3. The molecular weight excluding hydrogens is 679 g/mol. The van der Waals surface area contributed by atoms with E-state index in [1.807, 2.05) is 48.5 Å². The van der Waals surface area contributed by atoms with Crippen molar-refractivity contribution in [3.05, 3.63) is 132 Å². The van der Waals surface area contributed by atoms with Gasteiger partial charge in [0.15, 0.2) is 0 Å². The smallest absolute Gasteiger partial charge is 0.343 e. The molecule has 5 aromatic rings. The van der Waals surface area contributed by atoms with Crippen molar-refractivity contribution in [2.45, 2.75) is 57.4 Å². The molecule has 10 heteroatoms. The van der Waals surface area contributed by atoms with Crippen LogP contribution in [0.25, 0.3) is 10.8 Å². The summed E-state index contributed by atoms with van der Waals surface area (Å²) in [6.07, 6.45) is 7.44. The summed E-state index contributed by atoms with van der Waals surface area (Å²) < 4.78 is 16.4. The Hall–Kier alpha value is -6.16. The van der Waals surface area contributed by atoms with Gasteiger partial charge in [0.25, 0.3) is 0 Å². The lowest BCUT2D eigenvalue weighted by molar-refractivity contribution is -0.137. The fourth-order valence-electron chi connectivity index (χ4n) is 6.53. The normalized spacial score (nSPS) is 14.9. The van der Waals surface area contributed by atoms with Crippen LogP contribution < -0.4 is 14.8 Å². The second-order valence-corrected chi connectivity index (χ2v) is 13.5. The number of anilines is 1. The minimum absolute atomic E-state index is 0.147. The first kappa shape index (κ1) is 37.6. The van der Waals surface area contributed by atoms with E-state index in [9.17, 15) is 9.59 Å². The molecule has 1 aliphatic heterocycles. The minimum atomic E-state index is -0.420. The number of nitrogens with zero attached hydrogens (tertiary/aromatic N) is 4. The second kappa shape index (κ2) is 18.1. The number of hydrogen-bond donors (Lipinski definition) is 1. The van der Waals surface area contributed by atoms with E-state index < -0.39 is 5.97 Å². The zero-order chi connectivity index (χ0) is 37.8. The molecular formula is C44H45N5O5. The van der Waals surface area contributed by atoms with Gasteiger partial charge < -0.3 is 19.5 Å². The molecule has 0 saturated heterocycles. The highest BCUT2D eigenvalue weighted by atomic mass is 16.5. The third-order valence-electron chi connectivity index (χ3n) is 9.37. The van der Waals surface area contributed by atoms with E-state index in [1.165, 1.54) is 22.6 Å². The summed E-state index contributed by atoms with van der Waals surface area (Å²) in [5, 5.41) is 23.0. The number of ether oxygens (including phenoxy) is 3. The molecule has 5 aromatic carbocycles. The summed E-state index contributed by atoms with van der Waals surface area (Å²) in [5.41, 5.74) is 6.21. The molecule has 276 valence electrons. The van der Waals surface area contributed by atoms with Crippen molar-refractivity contribution in [1.82, 2.24) is 0 Å². The Morgan fingerprint density at radius 3 is 2.22 bits per heavy atom. The molecule has 1 N–H and O–H groups in total. The molecule has 0 bridgehead atoms. The zero-order valence-corrected chi connectivity index (χ0v) is 30.8. The molecule has 1 aliphatic rings. The Morgan fingerprint density at radius 1 is 0.796 bits per heavy atom. The Labute approximate surface area is 316 Å². The highest BCUT2D eigenvalue weighted by molar-refractivity contribution is 6.03. The van der Waals surface area contributed by atoms with Crippen LogP contribution in [0.5, 0.6) is 11.5 Å². The van der Waals surface area contributed by atoms with Gasteiger partial charge in [-0.2, -0.15) is 15.3 Å². The number of rotatable bonds is 17. The Kier molecular flexibility index (Phi) is 12.6. The lowest BCUT2D eigenvalue weighted by Gasteiger charge is -2.37. The van der Waals surface area contributed by atoms with Crippen LogP contribution in [0.3, 0.4) is 0 Å². The van der Waals surface area contributed by atoms with Crippen molar-refractivity contribution in [1.29, 1.82) is 0 Å². The van der Waals surface area contributed by atoms with Gasteiger partial charge in [-0.25, -0.2) is 9.59 Å². The van der Waals surface area contributed by atoms with E-state index >= 15 is 0 Å². The molecule has 0 aliphatic carbocycles. The van der Waals surface area contributed by atoms with Crippen LogP contribution in [0.1, 0.15) is 60.5 Å². The topological polar surface area (TPSA) is 123 Å². The van der Waals surface area contributed by atoms with Gasteiger partial charge in [0.1, 0.15) is 11.5 Å². The number of azo groups is 2. The summed E-state index contributed by atoms with van der Waals surface area (Å²) in [7, 11) is 1.65. The molecule has 0 fully saturated rings. The zero-order valence-electron chi connectivity index (χ0n) is 30.8. The maximum absolute atomic E-state index is 12.8. The first-order chi connectivity index (χ1) is 26.3. The van der Waals surface area contributed by atoms with Crippen molar-refractivity contribution >= 4 is 45.5 Å². The molecule has 54 heavy (non-hydrogen) atoms. The van der Waals surface area contributed by atoms with E-state index in [0.29, 0.717) is 30.3 Å². The number of aryl methyl sites for hydroxylation is 1. The number of carbonyl (C=O) groups is 2. The molecule has 0 radical (unpaired) electrons. The largest absolute Gasteiger partial charge is 0.494 e. The second-order valence-electron chi connectivity index (χ2n) is 13.5. The lowest BCUT2D eigenvalue weighted by atomic mass is 9.81. The average molecular weight is 724 g/mol. The van der Waals surface area contributed by atoms with Crippen LogP contribution >= 0.6 is 0 Å². The summed E-state index contributed by atoms with van der Waals surface area (Å²) >= 11 is 0. The summed E-state index contributed by atoms with van der Waals surface area (Å²) in [6.45, 7) is 6.63. The predicted molar refractivity (Wildman–Crippen MR) is 212 cm³/mol. The highest BCUT2D eigenvalue weighted by Gasteiger charge is 2.30. The molecule has 0 spiro atoms. The third kappa shape index (κ3) is 10.0. The Morgan fingerprint density at radius 2 is 1.50 bits per heavy atom. The fraction of sp³-hybridized carbons (Fsp3) is 0.273. The van der Waals surface area contributed by atoms with Gasteiger partial charge in [-0.3, -0.25) is 0 Å². The maximum Gasteiger partial charge on any atom is 0.343 e. The van der Waals surface area contributed by atoms with E-state index in [1.54, 1.807) is 31.3 Å². The summed E-state index contributed by atoms with van der Waals surface area (Å²) in [5.74, 6) is 0.387. The number of carbonyl (C=O) groups excluding carboxylic acids is 2. The number of esters is 2. The van der Waals surface area contributed by atoms with Gasteiger partial charge in [0.2, 0.25) is 0 Å². The fourth-order valence-corrected chi connectivity index (χ4v) is 6.53. The van der Waals surface area contributed by atoms with Crippen LogP contribution in [0.4, 0.5) is 22.7 Å². The maximum atomic E-state index is 12.8. The van der Waals surface area contributed by atoms with Crippen LogP contribution in [0, 0.1) is 0 Å². The van der Waals surface area contributed by atoms with Crippen LogP contribution in [0.2, 0.25) is 0 Å². The van der Waals surface area contributed by atoms with Gasteiger partial charge in [-0.15, -0.1) is 5.11 Å². The molecule has 1 heterocycles. The van der Waals surface area contributed by atoms with Gasteiger partial charge in [0, 0.05) is 35.1 Å². The molecule has 6 rings (SSSR count). The predicted octanol–water partition coefficient (Wildman–Crippen LogP) is 11.2. The number of benzene rings is 5.